The standard InChI is InChI=1S/C13H11BrFN/c14-13-8-5-11(9-16-13)2-1-10-3-6-12(15)7-4-10/h3-9H,1-2H2. The van der Waals surface area contributed by atoms with Crippen LogP contribution in [0.4, 0.5) is 4.39 Å². The molecule has 0 radical (unpaired) electrons. The minimum atomic E-state index is -0.186. The summed E-state index contributed by atoms with van der Waals surface area (Å²) in [5, 5.41) is 0. The van der Waals surface area contributed by atoms with Gasteiger partial charge in [-0.3, -0.25) is 0 Å². The molecule has 82 valence electrons. The smallest absolute Gasteiger partial charge is 0.123 e. The van der Waals surface area contributed by atoms with E-state index in [2.05, 4.69) is 20.9 Å². The number of hydrogen-bond donors (Lipinski definition) is 0. The molecule has 0 atom stereocenters. The van der Waals surface area contributed by atoms with E-state index >= 15 is 0 Å². The Labute approximate surface area is 102 Å². The van der Waals surface area contributed by atoms with Crippen molar-refractivity contribution in [1.29, 1.82) is 0 Å². The lowest BCUT2D eigenvalue weighted by molar-refractivity contribution is 0.627. The van der Waals surface area contributed by atoms with E-state index in [1.165, 1.54) is 17.7 Å². The van der Waals surface area contributed by atoms with Gasteiger partial charge in [0.1, 0.15) is 10.4 Å². The second kappa shape index (κ2) is 5.21. The summed E-state index contributed by atoms with van der Waals surface area (Å²) in [5.41, 5.74) is 2.33. The molecule has 1 nitrogen and oxygen atoms in total. The van der Waals surface area contributed by atoms with Gasteiger partial charge in [0.15, 0.2) is 0 Å². The van der Waals surface area contributed by atoms with Gasteiger partial charge < -0.3 is 0 Å². The number of pyridine rings is 1. The zero-order chi connectivity index (χ0) is 11.4. The maximum Gasteiger partial charge on any atom is 0.123 e. The molecule has 16 heavy (non-hydrogen) atoms. The summed E-state index contributed by atoms with van der Waals surface area (Å²) in [5.74, 6) is -0.186. The Kier molecular flexibility index (Phi) is 3.67. The maximum absolute atomic E-state index is 12.7. The summed E-state index contributed by atoms with van der Waals surface area (Å²) in [6, 6.07) is 10.6. The summed E-state index contributed by atoms with van der Waals surface area (Å²) in [4.78, 5) is 4.16. The number of hydrogen-bond acceptors (Lipinski definition) is 1. The second-order valence-electron chi connectivity index (χ2n) is 3.62. The van der Waals surface area contributed by atoms with Crippen LogP contribution in [-0.4, -0.2) is 4.98 Å². The molecule has 0 N–H and O–H groups in total. The molecule has 0 amide bonds. The highest BCUT2D eigenvalue weighted by molar-refractivity contribution is 9.10. The molecule has 0 aliphatic carbocycles. The largest absolute Gasteiger partial charge is 0.249 e. The zero-order valence-electron chi connectivity index (χ0n) is 8.66. The maximum atomic E-state index is 12.7. The van der Waals surface area contributed by atoms with Gasteiger partial charge in [0.25, 0.3) is 0 Å². The molecule has 2 rings (SSSR count). The van der Waals surface area contributed by atoms with Crippen LogP contribution in [0, 0.1) is 5.82 Å². The van der Waals surface area contributed by atoms with Crippen molar-refractivity contribution in [3.63, 3.8) is 0 Å². The van der Waals surface area contributed by atoms with E-state index in [1.807, 2.05) is 30.5 Å². The molecule has 0 saturated carbocycles. The van der Waals surface area contributed by atoms with Crippen LogP contribution in [-0.2, 0) is 12.8 Å². The predicted molar refractivity (Wildman–Crippen MR) is 65.7 cm³/mol. The highest BCUT2D eigenvalue weighted by Gasteiger charge is 1.97. The van der Waals surface area contributed by atoms with E-state index in [4.69, 9.17) is 0 Å². The van der Waals surface area contributed by atoms with Crippen molar-refractivity contribution in [3.05, 3.63) is 64.1 Å². The molecule has 0 unspecified atom stereocenters. The lowest BCUT2D eigenvalue weighted by atomic mass is 10.1. The molecule has 1 aromatic heterocycles. The molecule has 0 fully saturated rings. The molecule has 1 aromatic carbocycles. The van der Waals surface area contributed by atoms with Crippen LogP contribution in [0.15, 0.2) is 47.2 Å². The molecule has 0 bridgehead atoms. The first-order valence-electron chi connectivity index (χ1n) is 5.09. The van der Waals surface area contributed by atoms with Crippen molar-refractivity contribution in [2.45, 2.75) is 12.8 Å². The van der Waals surface area contributed by atoms with Crippen LogP contribution in [0.25, 0.3) is 0 Å². The van der Waals surface area contributed by atoms with E-state index in [9.17, 15) is 4.39 Å². The van der Waals surface area contributed by atoms with Gasteiger partial charge in [-0.2, -0.15) is 0 Å². The minimum absolute atomic E-state index is 0.186. The van der Waals surface area contributed by atoms with Gasteiger partial charge in [0.2, 0.25) is 0 Å². The number of rotatable bonds is 3. The fourth-order valence-electron chi connectivity index (χ4n) is 1.49. The topological polar surface area (TPSA) is 12.9 Å². The van der Waals surface area contributed by atoms with E-state index in [-0.39, 0.29) is 5.82 Å². The van der Waals surface area contributed by atoms with Crippen LogP contribution < -0.4 is 0 Å². The number of benzene rings is 1. The third-order valence-electron chi connectivity index (χ3n) is 2.40. The van der Waals surface area contributed by atoms with Gasteiger partial charge in [-0.15, -0.1) is 0 Å². The Morgan fingerprint density at radius 3 is 2.19 bits per heavy atom. The molecule has 0 spiro atoms. The first-order valence-corrected chi connectivity index (χ1v) is 5.88. The van der Waals surface area contributed by atoms with E-state index in [0.29, 0.717) is 0 Å². The summed E-state index contributed by atoms with van der Waals surface area (Å²) in [7, 11) is 0. The number of nitrogens with zero attached hydrogens (tertiary/aromatic N) is 1. The molecule has 1 heterocycles. The van der Waals surface area contributed by atoms with Crippen molar-refractivity contribution in [2.75, 3.05) is 0 Å². The first kappa shape index (κ1) is 11.3. The molecule has 0 aliphatic heterocycles. The summed E-state index contributed by atoms with van der Waals surface area (Å²) >= 11 is 3.30. The third kappa shape index (κ3) is 3.14. The zero-order valence-corrected chi connectivity index (χ0v) is 10.2. The Hall–Kier alpha value is -1.22. The summed E-state index contributed by atoms with van der Waals surface area (Å²) < 4.78 is 13.5. The van der Waals surface area contributed by atoms with E-state index in [1.54, 1.807) is 0 Å². The Bertz CT molecular complexity index is 405. The number of aryl methyl sites for hydroxylation is 2. The number of aromatic nitrogens is 1. The predicted octanol–water partition coefficient (Wildman–Crippen LogP) is 3.77. The van der Waals surface area contributed by atoms with Crippen molar-refractivity contribution >= 4 is 15.9 Å². The van der Waals surface area contributed by atoms with Crippen LogP contribution in [0.3, 0.4) is 0 Å². The summed E-state index contributed by atoms with van der Waals surface area (Å²) in [6.07, 6.45) is 3.68. The molecular weight excluding hydrogens is 269 g/mol. The van der Waals surface area contributed by atoms with Crippen LogP contribution in [0.1, 0.15) is 11.1 Å². The molecule has 3 heteroatoms. The second-order valence-corrected chi connectivity index (χ2v) is 4.43. The van der Waals surface area contributed by atoms with Gasteiger partial charge in [0, 0.05) is 6.20 Å². The van der Waals surface area contributed by atoms with Gasteiger partial charge in [0.05, 0.1) is 0 Å². The molecular formula is C13H11BrFN. The Morgan fingerprint density at radius 2 is 1.56 bits per heavy atom. The fraction of sp³-hybridized carbons (Fsp3) is 0.154. The van der Waals surface area contributed by atoms with Crippen LogP contribution in [0.2, 0.25) is 0 Å². The highest BCUT2D eigenvalue weighted by Crippen LogP contribution is 2.10. The lowest BCUT2D eigenvalue weighted by Gasteiger charge is -2.01. The average molecular weight is 280 g/mol. The first-order chi connectivity index (χ1) is 7.74. The van der Waals surface area contributed by atoms with Crippen molar-refractivity contribution in [1.82, 2.24) is 4.98 Å². The van der Waals surface area contributed by atoms with Gasteiger partial charge >= 0.3 is 0 Å². The Balaban J connectivity index is 1.97. The number of halogens is 2. The van der Waals surface area contributed by atoms with Crippen molar-refractivity contribution < 1.29 is 4.39 Å². The average Bonchev–Trinajstić information content (AvgIpc) is 2.30. The van der Waals surface area contributed by atoms with Crippen LogP contribution in [0.5, 0.6) is 0 Å². The highest BCUT2D eigenvalue weighted by atomic mass is 79.9. The SMILES string of the molecule is Fc1ccc(CCc2ccc(Br)nc2)cc1. The fourth-order valence-corrected chi connectivity index (χ4v) is 1.73. The normalized spacial score (nSPS) is 10.4. The quantitative estimate of drug-likeness (QED) is 0.780. The third-order valence-corrected chi connectivity index (χ3v) is 2.87. The summed E-state index contributed by atoms with van der Waals surface area (Å²) in [6.45, 7) is 0. The van der Waals surface area contributed by atoms with Crippen LogP contribution >= 0.6 is 15.9 Å². The van der Waals surface area contributed by atoms with E-state index in [0.717, 1.165) is 23.0 Å². The van der Waals surface area contributed by atoms with Crippen molar-refractivity contribution in [2.24, 2.45) is 0 Å². The monoisotopic (exact) mass is 279 g/mol. The molecule has 0 aliphatic rings. The Morgan fingerprint density at radius 1 is 0.938 bits per heavy atom. The van der Waals surface area contributed by atoms with E-state index < -0.39 is 0 Å². The minimum Gasteiger partial charge on any atom is -0.249 e. The van der Waals surface area contributed by atoms with Crippen molar-refractivity contribution in [3.8, 4) is 0 Å². The molecule has 2 aromatic rings. The lowest BCUT2D eigenvalue weighted by Crippen LogP contribution is -1.92. The van der Waals surface area contributed by atoms with Gasteiger partial charge in [-0.05, 0) is 58.1 Å². The van der Waals surface area contributed by atoms with Gasteiger partial charge in [-0.25, -0.2) is 9.37 Å². The molecule has 0 saturated heterocycles. The van der Waals surface area contributed by atoms with Gasteiger partial charge in [-0.1, -0.05) is 18.2 Å².